The number of hydrogen-bond donors (Lipinski definition) is 4. The Labute approximate surface area is 119 Å². The van der Waals surface area contributed by atoms with Crippen molar-refractivity contribution in [1.29, 1.82) is 0 Å². The molecular formula is C16H20N2O2. The first-order valence-electron chi connectivity index (χ1n) is 6.70. The molecule has 0 radical (unpaired) electrons. The molecule has 0 aliphatic rings. The van der Waals surface area contributed by atoms with Gasteiger partial charge in [0.2, 0.25) is 0 Å². The Hall–Kier alpha value is -1.72. The third-order valence-corrected chi connectivity index (χ3v) is 3.03. The monoisotopic (exact) mass is 272 g/mol. The number of aliphatic hydroxyl groups excluding tert-OH is 2. The van der Waals surface area contributed by atoms with Gasteiger partial charge in [-0.25, -0.2) is 0 Å². The topological polar surface area (TPSA) is 64.5 Å². The summed E-state index contributed by atoms with van der Waals surface area (Å²) < 4.78 is 0. The smallest absolute Gasteiger partial charge is 0.131 e. The lowest BCUT2D eigenvalue weighted by atomic mass is 10.2. The van der Waals surface area contributed by atoms with Gasteiger partial charge >= 0.3 is 0 Å². The molecule has 2 atom stereocenters. The molecule has 0 spiro atoms. The van der Waals surface area contributed by atoms with Crippen LogP contribution in [0.5, 0.6) is 0 Å². The van der Waals surface area contributed by atoms with E-state index in [1.165, 1.54) is 0 Å². The molecular weight excluding hydrogens is 252 g/mol. The molecule has 20 heavy (non-hydrogen) atoms. The molecule has 106 valence electrons. The van der Waals surface area contributed by atoms with Crippen LogP contribution in [0, 0.1) is 0 Å². The second-order valence-electron chi connectivity index (χ2n) is 4.53. The number of rotatable bonds is 7. The maximum atomic E-state index is 9.90. The highest BCUT2D eigenvalue weighted by atomic mass is 16.3. The van der Waals surface area contributed by atoms with Crippen molar-refractivity contribution < 1.29 is 10.2 Å². The summed E-state index contributed by atoms with van der Waals surface area (Å²) in [5, 5.41) is 25.8. The molecule has 0 aliphatic carbocycles. The molecule has 0 bridgehead atoms. The van der Waals surface area contributed by atoms with Crippen LogP contribution in [0.2, 0.25) is 0 Å². The van der Waals surface area contributed by atoms with E-state index in [9.17, 15) is 10.2 Å². The molecule has 2 rings (SSSR count). The second kappa shape index (κ2) is 7.77. The predicted octanol–water partition coefficient (Wildman–Crippen LogP) is 1.55. The number of nitrogens with one attached hydrogen (secondary N) is 2. The van der Waals surface area contributed by atoms with E-state index < -0.39 is 12.5 Å². The van der Waals surface area contributed by atoms with Gasteiger partial charge in [0.05, 0.1) is 0 Å². The van der Waals surface area contributed by atoms with Gasteiger partial charge < -0.3 is 10.2 Å². The van der Waals surface area contributed by atoms with Crippen LogP contribution in [0.4, 0.5) is 0 Å². The van der Waals surface area contributed by atoms with E-state index in [-0.39, 0.29) is 0 Å². The van der Waals surface area contributed by atoms with Gasteiger partial charge in [-0.2, -0.15) is 0 Å². The molecule has 2 aromatic carbocycles. The Bertz CT molecular complexity index is 443. The molecule has 0 aromatic heterocycles. The van der Waals surface area contributed by atoms with Gasteiger partial charge in [-0.05, 0) is 11.1 Å². The highest BCUT2D eigenvalue weighted by Crippen LogP contribution is 2.09. The molecule has 2 aromatic rings. The first-order valence-corrected chi connectivity index (χ1v) is 6.70. The molecule has 0 saturated heterocycles. The molecule has 2 unspecified atom stereocenters. The zero-order chi connectivity index (χ0) is 14.2. The van der Waals surface area contributed by atoms with E-state index in [0.29, 0.717) is 13.1 Å². The van der Waals surface area contributed by atoms with Gasteiger partial charge in [-0.3, -0.25) is 10.6 Å². The fraction of sp³-hybridized carbons (Fsp3) is 0.250. The zero-order valence-corrected chi connectivity index (χ0v) is 11.2. The average Bonchev–Trinajstić information content (AvgIpc) is 2.53. The van der Waals surface area contributed by atoms with Crippen molar-refractivity contribution in [2.75, 3.05) is 13.1 Å². The van der Waals surface area contributed by atoms with Crippen molar-refractivity contribution in [3.63, 3.8) is 0 Å². The maximum Gasteiger partial charge on any atom is 0.131 e. The number of aliphatic hydroxyl groups is 2. The van der Waals surface area contributed by atoms with E-state index >= 15 is 0 Å². The quantitative estimate of drug-likeness (QED) is 0.456. The SMILES string of the molecule is OC(NCCNC(O)c1ccccc1)c1ccccc1. The second-order valence-corrected chi connectivity index (χ2v) is 4.53. The Morgan fingerprint density at radius 2 is 1.00 bits per heavy atom. The van der Waals surface area contributed by atoms with E-state index in [2.05, 4.69) is 10.6 Å². The molecule has 4 heteroatoms. The highest BCUT2D eigenvalue weighted by molar-refractivity contribution is 5.17. The molecule has 0 aliphatic heterocycles. The van der Waals surface area contributed by atoms with Crippen LogP contribution >= 0.6 is 0 Å². The van der Waals surface area contributed by atoms with E-state index in [4.69, 9.17) is 0 Å². The molecule has 4 nitrogen and oxygen atoms in total. The minimum atomic E-state index is -0.688. The van der Waals surface area contributed by atoms with Crippen LogP contribution in [-0.4, -0.2) is 23.3 Å². The lowest BCUT2D eigenvalue weighted by Crippen LogP contribution is -2.32. The van der Waals surface area contributed by atoms with Crippen LogP contribution in [0.1, 0.15) is 23.6 Å². The van der Waals surface area contributed by atoms with Crippen molar-refractivity contribution in [3.05, 3.63) is 71.8 Å². The van der Waals surface area contributed by atoms with E-state index in [0.717, 1.165) is 11.1 Å². The number of hydrogen-bond acceptors (Lipinski definition) is 4. The maximum absolute atomic E-state index is 9.90. The van der Waals surface area contributed by atoms with E-state index in [1.54, 1.807) is 0 Å². The predicted molar refractivity (Wildman–Crippen MR) is 78.8 cm³/mol. The fourth-order valence-electron chi connectivity index (χ4n) is 1.92. The Balaban J connectivity index is 1.69. The first-order chi connectivity index (χ1) is 9.77. The van der Waals surface area contributed by atoms with Crippen molar-refractivity contribution in [1.82, 2.24) is 10.6 Å². The van der Waals surface area contributed by atoms with Crippen LogP contribution in [0.15, 0.2) is 60.7 Å². The minimum absolute atomic E-state index is 0.556. The highest BCUT2D eigenvalue weighted by Gasteiger charge is 2.07. The average molecular weight is 272 g/mol. The van der Waals surface area contributed by atoms with Crippen LogP contribution in [0.3, 0.4) is 0 Å². The molecule has 0 heterocycles. The standard InChI is InChI=1S/C16H20N2O2/c19-15(13-7-3-1-4-8-13)17-11-12-18-16(20)14-9-5-2-6-10-14/h1-10,15-20H,11-12H2. The molecule has 0 fully saturated rings. The van der Waals surface area contributed by atoms with Crippen LogP contribution in [0.25, 0.3) is 0 Å². The zero-order valence-electron chi connectivity index (χ0n) is 11.2. The molecule has 0 saturated carbocycles. The van der Waals surface area contributed by atoms with Crippen molar-refractivity contribution >= 4 is 0 Å². The Morgan fingerprint density at radius 1 is 0.650 bits per heavy atom. The van der Waals surface area contributed by atoms with Gasteiger partial charge in [0, 0.05) is 13.1 Å². The summed E-state index contributed by atoms with van der Waals surface area (Å²) in [6.45, 7) is 1.11. The van der Waals surface area contributed by atoms with Crippen molar-refractivity contribution in [3.8, 4) is 0 Å². The summed E-state index contributed by atoms with van der Waals surface area (Å²) in [5.74, 6) is 0. The first kappa shape index (κ1) is 14.7. The molecule has 4 N–H and O–H groups in total. The summed E-state index contributed by atoms with van der Waals surface area (Å²) in [4.78, 5) is 0. The van der Waals surface area contributed by atoms with Gasteiger partial charge in [-0.15, -0.1) is 0 Å². The largest absolute Gasteiger partial charge is 0.374 e. The van der Waals surface area contributed by atoms with Gasteiger partial charge in [-0.1, -0.05) is 60.7 Å². The normalized spacial score (nSPS) is 13.9. The van der Waals surface area contributed by atoms with Gasteiger partial charge in [0.25, 0.3) is 0 Å². The molecule has 0 amide bonds. The van der Waals surface area contributed by atoms with Gasteiger partial charge in [0.15, 0.2) is 0 Å². The minimum Gasteiger partial charge on any atom is -0.374 e. The third-order valence-electron chi connectivity index (χ3n) is 3.03. The Morgan fingerprint density at radius 3 is 1.35 bits per heavy atom. The van der Waals surface area contributed by atoms with Crippen molar-refractivity contribution in [2.45, 2.75) is 12.5 Å². The van der Waals surface area contributed by atoms with Gasteiger partial charge in [0.1, 0.15) is 12.5 Å². The fourth-order valence-corrected chi connectivity index (χ4v) is 1.92. The summed E-state index contributed by atoms with van der Waals surface area (Å²) in [5.41, 5.74) is 1.66. The lowest BCUT2D eigenvalue weighted by molar-refractivity contribution is 0.122. The lowest BCUT2D eigenvalue weighted by Gasteiger charge is -2.16. The Kier molecular flexibility index (Phi) is 5.70. The van der Waals surface area contributed by atoms with Crippen molar-refractivity contribution in [2.24, 2.45) is 0 Å². The van der Waals surface area contributed by atoms with Crippen LogP contribution in [-0.2, 0) is 0 Å². The summed E-state index contributed by atoms with van der Waals surface area (Å²) >= 11 is 0. The number of benzene rings is 2. The third kappa shape index (κ3) is 4.43. The van der Waals surface area contributed by atoms with E-state index in [1.807, 2.05) is 60.7 Å². The summed E-state index contributed by atoms with van der Waals surface area (Å²) in [7, 11) is 0. The summed E-state index contributed by atoms with van der Waals surface area (Å²) in [6.07, 6.45) is -1.38. The summed E-state index contributed by atoms with van der Waals surface area (Å²) in [6, 6.07) is 18.8. The van der Waals surface area contributed by atoms with Crippen LogP contribution < -0.4 is 10.6 Å².